The second-order valence-corrected chi connectivity index (χ2v) is 8.67. The fourth-order valence-corrected chi connectivity index (χ4v) is 5.39. The van der Waals surface area contributed by atoms with Gasteiger partial charge in [0.05, 0.1) is 10.3 Å². The van der Waals surface area contributed by atoms with Crippen LogP contribution in [-0.2, 0) is 0 Å². The molecule has 2 aliphatic rings. The van der Waals surface area contributed by atoms with Crippen LogP contribution in [0.2, 0.25) is 0 Å². The van der Waals surface area contributed by atoms with Crippen LogP contribution in [0.25, 0.3) is 10.9 Å². The molecule has 3 aromatic rings. The lowest BCUT2D eigenvalue weighted by atomic mass is 9.92. The van der Waals surface area contributed by atoms with Crippen LogP contribution in [0.1, 0.15) is 16.8 Å². The van der Waals surface area contributed by atoms with Crippen LogP contribution in [0.3, 0.4) is 0 Å². The molecule has 6 heteroatoms. The summed E-state index contributed by atoms with van der Waals surface area (Å²) in [6.07, 6.45) is 4.63. The van der Waals surface area contributed by atoms with E-state index in [1.165, 1.54) is 0 Å². The van der Waals surface area contributed by atoms with Crippen LogP contribution in [0.5, 0.6) is 5.88 Å². The van der Waals surface area contributed by atoms with Crippen molar-refractivity contribution in [2.75, 3.05) is 18.8 Å². The van der Waals surface area contributed by atoms with Gasteiger partial charge in [-0.05, 0) is 30.3 Å². The summed E-state index contributed by atoms with van der Waals surface area (Å²) in [6.45, 7) is 1.56. The molecular weight excluding hydrogens is 358 g/mol. The SMILES string of the molecule is O=C(c1ccc2ncccc2c1)N1CC2(CC(Oc3ccccn3)CS2)C1. The van der Waals surface area contributed by atoms with Gasteiger partial charge < -0.3 is 9.64 Å². The Morgan fingerprint density at radius 1 is 1.11 bits per heavy atom. The number of carbonyl (C=O) groups excluding carboxylic acids is 1. The van der Waals surface area contributed by atoms with E-state index in [1.54, 1.807) is 12.4 Å². The van der Waals surface area contributed by atoms with Gasteiger partial charge in [0.25, 0.3) is 5.91 Å². The zero-order valence-corrected chi connectivity index (χ0v) is 15.6. The average molecular weight is 377 g/mol. The maximum atomic E-state index is 12.8. The molecule has 27 heavy (non-hydrogen) atoms. The summed E-state index contributed by atoms with van der Waals surface area (Å²) in [4.78, 5) is 23.3. The van der Waals surface area contributed by atoms with E-state index in [4.69, 9.17) is 4.74 Å². The molecule has 1 spiro atoms. The number of rotatable bonds is 3. The van der Waals surface area contributed by atoms with Crippen molar-refractivity contribution in [2.24, 2.45) is 0 Å². The molecule has 2 saturated heterocycles. The Labute approximate surface area is 161 Å². The van der Waals surface area contributed by atoms with E-state index in [-0.39, 0.29) is 16.8 Å². The Kier molecular flexibility index (Phi) is 4.01. The molecule has 0 bridgehead atoms. The van der Waals surface area contributed by atoms with Crippen molar-refractivity contribution in [3.8, 4) is 5.88 Å². The van der Waals surface area contributed by atoms with Crippen LogP contribution in [0, 0.1) is 0 Å². The number of likely N-dealkylation sites (tertiary alicyclic amines) is 1. The van der Waals surface area contributed by atoms with Gasteiger partial charge in [0.2, 0.25) is 5.88 Å². The summed E-state index contributed by atoms with van der Waals surface area (Å²) < 4.78 is 6.13. The molecule has 4 heterocycles. The number of ether oxygens (including phenoxy) is 1. The standard InChI is InChI=1S/C21H19N3O2S/c25-20(16-6-7-18-15(10-16)4-3-9-22-18)24-13-21(14-24)11-17(12-27-21)26-19-5-1-2-8-23-19/h1-10,17H,11-14H2. The lowest BCUT2D eigenvalue weighted by Crippen LogP contribution is -2.60. The molecule has 2 aliphatic heterocycles. The number of amides is 1. The highest BCUT2D eigenvalue weighted by Gasteiger charge is 2.51. The van der Waals surface area contributed by atoms with Gasteiger partial charge in [-0.15, -0.1) is 11.8 Å². The highest BCUT2D eigenvalue weighted by Crippen LogP contribution is 2.46. The number of hydrogen-bond acceptors (Lipinski definition) is 5. The van der Waals surface area contributed by atoms with Crippen molar-refractivity contribution in [2.45, 2.75) is 17.3 Å². The quantitative estimate of drug-likeness (QED) is 0.700. The van der Waals surface area contributed by atoms with Crippen molar-refractivity contribution in [3.05, 3.63) is 66.5 Å². The van der Waals surface area contributed by atoms with Crippen molar-refractivity contribution in [1.82, 2.24) is 14.9 Å². The van der Waals surface area contributed by atoms with E-state index in [0.717, 1.165) is 41.7 Å². The van der Waals surface area contributed by atoms with Gasteiger partial charge in [-0.2, -0.15) is 0 Å². The third-order valence-electron chi connectivity index (χ3n) is 5.20. The maximum absolute atomic E-state index is 12.8. The summed E-state index contributed by atoms with van der Waals surface area (Å²) in [6, 6.07) is 15.3. The Morgan fingerprint density at radius 3 is 2.85 bits per heavy atom. The van der Waals surface area contributed by atoms with Gasteiger partial charge in [0.1, 0.15) is 6.10 Å². The minimum absolute atomic E-state index is 0.0982. The Balaban J connectivity index is 1.23. The molecule has 0 aliphatic carbocycles. The molecule has 1 atom stereocenters. The average Bonchev–Trinajstić information content (AvgIpc) is 3.11. The molecule has 5 rings (SSSR count). The predicted octanol–water partition coefficient (Wildman–Crippen LogP) is 3.41. The number of hydrogen-bond donors (Lipinski definition) is 0. The van der Waals surface area contributed by atoms with Gasteiger partial charge in [0.15, 0.2) is 0 Å². The second-order valence-electron chi connectivity index (χ2n) is 7.18. The van der Waals surface area contributed by atoms with Crippen molar-refractivity contribution >= 4 is 28.6 Å². The molecule has 1 unspecified atom stereocenters. The van der Waals surface area contributed by atoms with Crippen molar-refractivity contribution in [1.29, 1.82) is 0 Å². The largest absolute Gasteiger partial charge is 0.473 e. The Bertz CT molecular complexity index is 989. The number of pyridine rings is 2. The first kappa shape index (κ1) is 16.6. The van der Waals surface area contributed by atoms with E-state index < -0.39 is 0 Å². The number of carbonyl (C=O) groups is 1. The van der Waals surface area contributed by atoms with E-state index in [9.17, 15) is 4.79 Å². The predicted molar refractivity (Wildman–Crippen MR) is 106 cm³/mol. The fraction of sp³-hybridized carbons (Fsp3) is 0.286. The molecule has 0 N–H and O–H groups in total. The molecular formula is C21H19N3O2S. The van der Waals surface area contributed by atoms with Crippen molar-refractivity contribution < 1.29 is 9.53 Å². The molecule has 2 fully saturated rings. The van der Waals surface area contributed by atoms with E-state index >= 15 is 0 Å². The van der Waals surface area contributed by atoms with E-state index in [0.29, 0.717) is 5.88 Å². The summed E-state index contributed by atoms with van der Waals surface area (Å²) in [7, 11) is 0. The zero-order valence-electron chi connectivity index (χ0n) is 14.7. The number of nitrogens with zero attached hydrogens (tertiary/aromatic N) is 3. The molecule has 5 nitrogen and oxygen atoms in total. The first-order valence-electron chi connectivity index (χ1n) is 9.07. The maximum Gasteiger partial charge on any atom is 0.253 e. The molecule has 0 saturated carbocycles. The fourth-order valence-electron chi connectivity index (χ4n) is 3.87. The zero-order chi connectivity index (χ0) is 18.3. The number of fused-ring (bicyclic) bond motifs is 1. The minimum atomic E-state index is 0.0982. The summed E-state index contributed by atoms with van der Waals surface area (Å²) in [5.41, 5.74) is 1.64. The molecule has 1 amide bonds. The van der Waals surface area contributed by atoms with Gasteiger partial charge in [-0.3, -0.25) is 9.78 Å². The van der Waals surface area contributed by atoms with Crippen LogP contribution < -0.4 is 4.74 Å². The lowest BCUT2D eigenvalue weighted by molar-refractivity contribution is 0.0516. The van der Waals surface area contributed by atoms with Crippen LogP contribution in [0.4, 0.5) is 0 Å². The molecule has 136 valence electrons. The second kappa shape index (κ2) is 6.53. The van der Waals surface area contributed by atoms with Gasteiger partial charge in [0, 0.05) is 54.7 Å². The summed E-state index contributed by atoms with van der Waals surface area (Å²) in [5, 5.41) is 0.998. The molecule has 2 aromatic heterocycles. The van der Waals surface area contributed by atoms with E-state index in [1.807, 2.05) is 65.2 Å². The highest BCUT2D eigenvalue weighted by atomic mass is 32.2. The number of benzene rings is 1. The summed E-state index contributed by atoms with van der Waals surface area (Å²) >= 11 is 1.92. The third-order valence-corrected chi connectivity index (χ3v) is 6.77. The van der Waals surface area contributed by atoms with E-state index in [2.05, 4.69) is 9.97 Å². The normalized spacial score (nSPS) is 20.6. The van der Waals surface area contributed by atoms with Crippen molar-refractivity contribution in [3.63, 3.8) is 0 Å². The minimum Gasteiger partial charge on any atom is -0.473 e. The third kappa shape index (κ3) is 3.14. The van der Waals surface area contributed by atoms with Gasteiger partial charge in [-0.25, -0.2) is 4.98 Å². The highest BCUT2D eigenvalue weighted by molar-refractivity contribution is 8.01. The first-order valence-corrected chi connectivity index (χ1v) is 10.1. The Morgan fingerprint density at radius 2 is 2.00 bits per heavy atom. The molecule has 0 radical (unpaired) electrons. The van der Waals surface area contributed by atoms with Crippen LogP contribution in [0.15, 0.2) is 60.9 Å². The monoisotopic (exact) mass is 377 g/mol. The Hall–Kier alpha value is -2.60. The smallest absolute Gasteiger partial charge is 0.253 e. The van der Waals surface area contributed by atoms with Gasteiger partial charge in [-0.1, -0.05) is 12.1 Å². The lowest BCUT2D eigenvalue weighted by Gasteiger charge is -2.47. The topological polar surface area (TPSA) is 55.3 Å². The van der Waals surface area contributed by atoms with Crippen LogP contribution in [-0.4, -0.2) is 50.5 Å². The number of thioether (sulfide) groups is 1. The first-order chi connectivity index (χ1) is 13.2. The molecule has 1 aromatic carbocycles. The van der Waals surface area contributed by atoms with Gasteiger partial charge >= 0.3 is 0 Å². The van der Waals surface area contributed by atoms with Crippen LogP contribution >= 0.6 is 11.8 Å². The summed E-state index contributed by atoms with van der Waals surface area (Å²) in [5.74, 6) is 1.72. The number of aromatic nitrogens is 2.